The third-order valence-electron chi connectivity index (χ3n) is 2.04. The third kappa shape index (κ3) is 2.16. The van der Waals surface area contributed by atoms with E-state index in [-0.39, 0.29) is 5.56 Å². The summed E-state index contributed by atoms with van der Waals surface area (Å²) in [6, 6.07) is 0. The molecule has 0 spiro atoms. The largest absolute Gasteiger partial charge is 0.397 e. The molecule has 1 aromatic heterocycles. The van der Waals surface area contributed by atoms with Crippen LogP contribution in [-0.2, 0) is 11.3 Å². The molecule has 78 valence electrons. The van der Waals surface area contributed by atoms with Gasteiger partial charge in [0.25, 0.3) is 5.56 Å². The van der Waals surface area contributed by atoms with E-state index in [4.69, 9.17) is 10.5 Å². The first-order chi connectivity index (χ1) is 6.57. The van der Waals surface area contributed by atoms with Gasteiger partial charge in [-0.15, -0.1) is 0 Å². The van der Waals surface area contributed by atoms with E-state index in [1.807, 2.05) is 6.92 Å². The Morgan fingerprint density at radius 3 is 2.86 bits per heavy atom. The zero-order valence-electron chi connectivity index (χ0n) is 8.21. The molecule has 2 N–H and O–H groups in total. The van der Waals surface area contributed by atoms with Crippen LogP contribution in [0.1, 0.15) is 5.56 Å². The lowest BCUT2D eigenvalue weighted by Crippen LogP contribution is -2.24. The van der Waals surface area contributed by atoms with Gasteiger partial charge in [-0.3, -0.25) is 4.79 Å². The van der Waals surface area contributed by atoms with Crippen molar-refractivity contribution in [3.8, 4) is 0 Å². The lowest BCUT2D eigenvalue weighted by molar-refractivity contribution is 0.186. The molecule has 0 atom stereocenters. The minimum atomic E-state index is -0.0752. The van der Waals surface area contributed by atoms with Crippen LogP contribution in [0.5, 0.6) is 0 Å². The molecule has 0 unspecified atom stereocenters. The Hall–Kier alpha value is -0.810. The van der Waals surface area contributed by atoms with Crippen LogP contribution in [-0.4, -0.2) is 18.3 Å². The van der Waals surface area contributed by atoms with Gasteiger partial charge in [0.1, 0.15) is 0 Å². The highest BCUT2D eigenvalue weighted by Gasteiger charge is 2.07. The Labute approximate surface area is 90.8 Å². The molecule has 4 nitrogen and oxygen atoms in total. The Kier molecular flexibility index (Phi) is 3.71. The minimum Gasteiger partial charge on any atom is -0.397 e. The second kappa shape index (κ2) is 4.61. The maximum Gasteiger partial charge on any atom is 0.265 e. The number of rotatable bonds is 3. The molecular formula is C9H13BrN2O2. The van der Waals surface area contributed by atoms with Gasteiger partial charge >= 0.3 is 0 Å². The van der Waals surface area contributed by atoms with Crippen molar-refractivity contribution in [2.24, 2.45) is 0 Å². The van der Waals surface area contributed by atoms with Gasteiger partial charge in [-0.25, -0.2) is 0 Å². The standard InChI is InChI=1S/C9H13BrN2O2/c1-6-7(11)5-12(3-4-14-2)9(13)8(6)10/h5H,3-4,11H2,1-2H3. The summed E-state index contributed by atoms with van der Waals surface area (Å²) in [6.45, 7) is 2.81. The van der Waals surface area contributed by atoms with Crippen molar-refractivity contribution in [3.05, 3.63) is 26.6 Å². The second-order valence-electron chi connectivity index (χ2n) is 3.01. The molecule has 5 heteroatoms. The van der Waals surface area contributed by atoms with E-state index in [9.17, 15) is 4.79 Å². The molecule has 0 aromatic carbocycles. The molecule has 0 aliphatic carbocycles. The summed E-state index contributed by atoms with van der Waals surface area (Å²) in [5, 5.41) is 0. The number of hydrogen-bond acceptors (Lipinski definition) is 3. The molecule has 0 fully saturated rings. The Bertz CT molecular complexity index is 387. The Morgan fingerprint density at radius 1 is 1.64 bits per heavy atom. The van der Waals surface area contributed by atoms with E-state index in [1.54, 1.807) is 13.3 Å². The van der Waals surface area contributed by atoms with Gasteiger partial charge in [-0.1, -0.05) is 0 Å². The summed E-state index contributed by atoms with van der Waals surface area (Å²) in [6.07, 6.45) is 1.64. The summed E-state index contributed by atoms with van der Waals surface area (Å²) in [4.78, 5) is 11.7. The van der Waals surface area contributed by atoms with Gasteiger partial charge in [0.2, 0.25) is 0 Å². The van der Waals surface area contributed by atoms with Crippen LogP contribution < -0.4 is 11.3 Å². The van der Waals surface area contributed by atoms with E-state index in [2.05, 4.69) is 15.9 Å². The average Bonchev–Trinajstić information content (AvgIpc) is 2.18. The zero-order valence-corrected chi connectivity index (χ0v) is 9.80. The van der Waals surface area contributed by atoms with E-state index >= 15 is 0 Å². The van der Waals surface area contributed by atoms with Crippen molar-refractivity contribution >= 4 is 21.6 Å². The number of halogens is 1. The van der Waals surface area contributed by atoms with Crippen molar-refractivity contribution in [2.75, 3.05) is 19.5 Å². The van der Waals surface area contributed by atoms with E-state index in [0.717, 1.165) is 5.56 Å². The second-order valence-corrected chi connectivity index (χ2v) is 3.81. The average molecular weight is 261 g/mol. The van der Waals surface area contributed by atoms with Crippen LogP contribution in [0, 0.1) is 6.92 Å². The van der Waals surface area contributed by atoms with Crippen LogP contribution in [0.15, 0.2) is 15.5 Å². The Balaban J connectivity index is 3.13. The maximum absolute atomic E-state index is 11.7. The number of nitrogen functional groups attached to an aromatic ring is 1. The summed E-state index contributed by atoms with van der Waals surface area (Å²) in [5.74, 6) is 0. The summed E-state index contributed by atoms with van der Waals surface area (Å²) >= 11 is 3.22. The molecule has 1 heterocycles. The number of methoxy groups -OCH3 is 1. The number of ether oxygens (including phenoxy) is 1. The van der Waals surface area contributed by atoms with E-state index in [1.165, 1.54) is 4.57 Å². The Morgan fingerprint density at radius 2 is 2.29 bits per heavy atom. The number of nitrogens with zero attached hydrogens (tertiary/aromatic N) is 1. The molecule has 1 rings (SSSR count). The first-order valence-electron chi connectivity index (χ1n) is 4.22. The fourth-order valence-electron chi connectivity index (χ4n) is 1.09. The maximum atomic E-state index is 11.7. The molecule has 0 saturated carbocycles. The van der Waals surface area contributed by atoms with Crippen LogP contribution >= 0.6 is 15.9 Å². The monoisotopic (exact) mass is 260 g/mol. The van der Waals surface area contributed by atoms with Gasteiger partial charge in [-0.05, 0) is 28.4 Å². The van der Waals surface area contributed by atoms with Crippen molar-refractivity contribution in [1.29, 1.82) is 0 Å². The molecule has 14 heavy (non-hydrogen) atoms. The molecule has 0 aliphatic heterocycles. The van der Waals surface area contributed by atoms with Crippen LogP contribution in [0.25, 0.3) is 0 Å². The molecule has 0 radical (unpaired) electrons. The topological polar surface area (TPSA) is 57.2 Å². The van der Waals surface area contributed by atoms with Gasteiger partial charge in [0, 0.05) is 19.9 Å². The van der Waals surface area contributed by atoms with Crippen molar-refractivity contribution < 1.29 is 4.74 Å². The lowest BCUT2D eigenvalue weighted by Gasteiger charge is -2.09. The lowest BCUT2D eigenvalue weighted by atomic mass is 10.2. The minimum absolute atomic E-state index is 0.0752. The first kappa shape index (κ1) is 11.3. The molecular weight excluding hydrogens is 248 g/mol. The summed E-state index contributed by atoms with van der Waals surface area (Å²) in [5.41, 5.74) is 7.04. The van der Waals surface area contributed by atoms with Gasteiger partial charge in [-0.2, -0.15) is 0 Å². The van der Waals surface area contributed by atoms with Gasteiger partial charge in [0.15, 0.2) is 0 Å². The molecule has 0 aliphatic rings. The molecule has 0 saturated heterocycles. The fourth-order valence-corrected chi connectivity index (χ4v) is 1.55. The van der Waals surface area contributed by atoms with E-state index in [0.29, 0.717) is 23.3 Å². The highest BCUT2D eigenvalue weighted by Crippen LogP contribution is 2.16. The number of pyridine rings is 1. The normalized spacial score (nSPS) is 10.5. The van der Waals surface area contributed by atoms with E-state index < -0.39 is 0 Å². The van der Waals surface area contributed by atoms with Crippen LogP contribution in [0.2, 0.25) is 0 Å². The number of hydrogen-bond donors (Lipinski definition) is 1. The van der Waals surface area contributed by atoms with Crippen LogP contribution in [0.4, 0.5) is 5.69 Å². The quantitative estimate of drug-likeness (QED) is 0.887. The smallest absolute Gasteiger partial charge is 0.265 e. The molecule has 0 bridgehead atoms. The summed E-state index contributed by atoms with van der Waals surface area (Å²) < 4.78 is 6.95. The number of nitrogens with two attached hydrogens (primary N) is 1. The fraction of sp³-hybridized carbons (Fsp3) is 0.444. The first-order valence-corrected chi connectivity index (χ1v) is 5.01. The molecule has 1 aromatic rings. The highest BCUT2D eigenvalue weighted by molar-refractivity contribution is 9.10. The van der Waals surface area contributed by atoms with Crippen molar-refractivity contribution in [3.63, 3.8) is 0 Å². The summed E-state index contributed by atoms with van der Waals surface area (Å²) in [7, 11) is 1.59. The van der Waals surface area contributed by atoms with Crippen molar-refractivity contribution in [1.82, 2.24) is 4.57 Å². The zero-order chi connectivity index (χ0) is 10.7. The SMILES string of the molecule is COCCn1cc(N)c(C)c(Br)c1=O. The molecule has 0 amide bonds. The predicted octanol–water partition coefficient (Wildman–Crippen LogP) is 1.15. The third-order valence-corrected chi connectivity index (χ3v) is 2.98. The predicted molar refractivity (Wildman–Crippen MR) is 59.4 cm³/mol. The van der Waals surface area contributed by atoms with Gasteiger partial charge in [0.05, 0.1) is 16.8 Å². The van der Waals surface area contributed by atoms with Crippen molar-refractivity contribution in [2.45, 2.75) is 13.5 Å². The number of anilines is 1. The number of aromatic nitrogens is 1. The van der Waals surface area contributed by atoms with Gasteiger partial charge < -0.3 is 15.0 Å². The van der Waals surface area contributed by atoms with Crippen LogP contribution in [0.3, 0.4) is 0 Å². The highest BCUT2D eigenvalue weighted by atomic mass is 79.9.